The van der Waals surface area contributed by atoms with Gasteiger partial charge in [-0.3, -0.25) is 4.21 Å². The van der Waals surface area contributed by atoms with Crippen LogP contribution in [0.3, 0.4) is 0 Å². The summed E-state index contributed by atoms with van der Waals surface area (Å²) < 4.78 is 18.3. The van der Waals surface area contributed by atoms with Gasteiger partial charge in [-0.15, -0.1) is 0 Å². The Morgan fingerprint density at radius 3 is 2.65 bits per heavy atom. The molecule has 0 amide bonds. The van der Waals surface area contributed by atoms with Gasteiger partial charge in [0.05, 0.1) is 5.60 Å². The molecule has 0 aromatic carbocycles. The van der Waals surface area contributed by atoms with E-state index in [4.69, 9.17) is 10.5 Å². The Bertz CT molecular complexity index is 292. The Morgan fingerprint density at radius 1 is 1.41 bits per heavy atom. The average molecular weight is 259 g/mol. The third-order valence-electron chi connectivity index (χ3n) is 3.85. The van der Waals surface area contributed by atoms with Gasteiger partial charge in [0.25, 0.3) is 0 Å². The normalized spacial score (nSPS) is 30.6. The van der Waals surface area contributed by atoms with Gasteiger partial charge in [-0.05, 0) is 39.5 Å². The summed E-state index contributed by atoms with van der Waals surface area (Å²) in [7, 11) is -0.803. The van der Waals surface area contributed by atoms with E-state index in [9.17, 15) is 4.21 Å². The van der Waals surface area contributed by atoms with Gasteiger partial charge in [0.15, 0.2) is 0 Å². The van der Waals surface area contributed by atoms with Crippen LogP contribution >= 0.6 is 0 Å². The van der Waals surface area contributed by atoms with E-state index in [0.717, 1.165) is 32.3 Å². The van der Waals surface area contributed by atoms with E-state index in [0.29, 0.717) is 11.0 Å². The second-order valence-corrected chi connectivity index (χ2v) is 8.08. The van der Waals surface area contributed by atoms with Crippen LogP contribution in [-0.2, 0) is 15.5 Å². The fourth-order valence-electron chi connectivity index (χ4n) is 3.06. The Labute approximate surface area is 107 Å². The molecule has 2 rings (SSSR count). The van der Waals surface area contributed by atoms with E-state index in [2.05, 4.69) is 0 Å². The lowest BCUT2D eigenvalue weighted by Crippen LogP contribution is -2.45. The Kier molecular flexibility index (Phi) is 3.96. The second kappa shape index (κ2) is 4.98. The molecule has 2 fully saturated rings. The molecule has 0 aromatic heterocycles. The summed E-state index contributed by atoms with van der Waals surface area (Å²) in [5.41, 5.74) is 5.70. The highest BCUT2D eigenvalue weighted by atomic mass is 32.2. The van der Waals surface area contributed by atoms with E-state index in [1.807, 2.05) is 13.8 Å². The summed E-state index contributed by atoms with van der Waals surface area (Å²) in [5.74, 6) is 0.605. The first-order valence-electron chi connectivity index (χ1n) is 6.70. The molecule has 1 aliphatic heterocycles. The summed E-state index contributed by atoms with van der Waals surface area (Å²) in [6.45, 7) is 4.69. The summed E-state index contributed by atoms with van der Waals surface area (Å²) in [6.07, 6.45) is 6.77. The zero-order chi connectivity index (χ0) is 12.5. The molecule has 2 unspecified atom stereocenters. The molecule has 1 saturated heterocycles. The molecule has 100 valence electrons. The van der Waals surface area contributed by atoms with E-state index < -0.39 is 10.8 Å². The molecule has 1 saturated carbocycles. The average Bonchev–Trinajstić information content (AvgIpc) is 2.64. The molecule has 4 heteroatoms. The van der Waals surface area contributed by atoms with Crippen LogP contribution in [0.2, 0.25) is 0 Å². The minimum atomic E-state index is -0.803. The van der Waals surface area contributed by atoms with Crippen molar-refractivity contribution in [1.29, 1.82) is 0 Å². The van der Waals surface area contributed by atoms with Gasteiger partial charge in [0.1, 0.15) is 0 Å². The van der Waals surface area contributed by atoms with Crippen molar-refractivity contribution >= 4 is 10.8 Å². The first-order chi connectivity index (χ1) is 7.90. The maximum absolute atomic E-state index is 12.3. The van der Waals surface area contributed by atoms with Crippen molar-refractivity contribution in [3.05, 3.63) is 0 Å². The number of nitrogens with two attached hydrogens (primary N) is 1. The van der Waals surface area contributed by atoms with Crippen LogP contribution in [0.1, 0.15) is 52.4 Å². The summed E-state index contributed by atoms with van der Waals surface area (Å²) in [5, 5.41) is 0.296. The highest BCUT2D eigenvalue weighted by Crippen LogP contribution is 2.41. The zero-order valence-corrected chi connectivity index (χ0v) is 11.9. The largest absolute Gasteiger partial charge is 0.375 e. The molecule has 2 atom stereocenters. The van der Waals surface area contributed by atoms with Crippen molar-refractivity contribution in [3.63, 3.8) is 0 Å². The van der Waals surface area contributed by atoms with Crippen LogP contribution in [0.25, 0.3) is 0 Å². The van der Waals surface area contributed by atoms with Gasteiger partial charge in [-0.1, -0.05) is 12.8 Å². The topological polar surface area (TPSA) is 52.3 Å². The van der Waals surface area contributed by atoms with E-state index >= 15 is 0 Å². The van der Waals surface area contributed by atoms with Crippen molar-refractivity contribution in [1.82, 2.24) is 0 Å². The molecule has 0 aromatic rings. The molecule has 0 bridgehead atoms. The summed E-state index contributed by atoms with van der Waals surface area (Å²) in [6, 6.07) is 0. The number of rotatable bonds is 3. The molecule has 3 nitrogen and oxygen atoms in total. The minimum Gasteiger partial charge on any atom is -0.375 e. The standard InChI is InChI=1S/C13H25NO2S/c1-12(2,14)10-17(15)11-5-8-16-13(9-11)6-3-4-7-13/h11H,3-10,14H2,1-2H3. The Balaban J connectivity index is 1.95. The molecule has 0 radical (unpaired) electrons. The number of hydrogen-bond donors (Lipinski definition) is 1. The highest BCUT2D eigenvalue weighted by molar-refractivity contribution is 7.85. The lowest BCUT2D eigenvalue weighted by atomic mass is 9.92. The van der Waals surface area contributed by atoms with Crippen molar-refractivity contribution < 1.29 is 8.95 Å². The molecular formula is C13H25NO2S. The molecule has 2 aliphatic rings. The molecule has 1 aliphatic carbocycles. The second-order valence-electron chi connectivity index (χ2n) is 6.37. The lowest BCUT2D eigenvalue weighted by molar-refractivity contribution is -0.0709. The zero-order valence-electron chi connectivity index (χ0n) is 11.0. The van der Waals surface area contributed by atoms with E-state index in [1.54, 1.807) is 0 Å². The quantitative estimate of drug-likeness (QED) is 0.843. The number of hydrogen-bond acceptors (Lipinski definition) is 3. The van der Waals surface area contributed by atoms with Crippen molar-refractivity contribution in [2.24, 2.45) is 5.73 Å². The van der Waals surface area contributed by atoms with Crippen molar-refractivity contribution in [2.45, 2.75) is 68.8 Å². The van der Waals surface area contributed by atoms with E-state index in [-0.39, 0.29) is 11.1 Å². The SMILES string of the molecule is CC(C)(N)CS(=O)C1CCOC2(CCCC2)C1. The van der Waals surface area contributed by atoms with Crippen LogP contribution in [0.15, 0.2) is 0 Å². The monoisotopic (exact) mass is 259 g/mol. The summed E-state index contributed by atoms with van der Waals surface area (Å²) in [4.78, 5) is 0. The van der Waals surface area contributed by atoms with Crippen molar-refractivity contribution in [3.8, 4) is 0 Å². The van der Waals surface area contributed by atoms with Crippen LogP contribution in [0, 0.1) is 0 Å². The lowest BCUT2D eigenvalue weighted by Gasteiger charge is -2.38. The Morgan fingerprint density at radius 2 is 2.06 bits per heavy atom. The molecule has 1 heterocycles. The van der Waals surface area contributed by atoms with Gasteiger partial charge in [0, 0.05) is 33.9 Å². The van der Waals surface area contributed by atoms with Gasteiger partial charge in [-0.2, -0.15) is 0 Å². The molecule has 2 N–H and O–H groups in total. The van der Waals surface area contributed by atoms with Gasteiger partial charge in [-0.25, -0.2) is 0 Å². The molecule has 1 spiro atoms. The molecule has 17 heavy (non-hydrogen) atoms. The third kappa shape index (κ3) is 3.52. The number of ether oxygens (including phenoxy) is 1. The first kappa shape index (κ1) is 13.5. The van der Waals surface area contributed by atoms with Crippen LogP contribution < -0.4 is 5.73 Å². The molecular weight excluding hydrogens is 234 g/mol. The van der Waals surface area contributed by atoms with Crippen LogP contribution in [0.5, 0.6) is 0 Å². The van der Waals surface area contributed by atoms with Crippen molar-refractivity contribution in [2.75, 3.05) is 12.4 Å². The fraction of sp³-hybridized carbons (Fsp3) is 1.00. The smallest absolute Gasteiger partial charge is 0.0694 e. The predicted octanol–water partition coefficient (Wildman–Crippen LogP) is 1.96. The van der Waals surface area contributed by atoms with Gasteiger partial charge in [0.2, 0.25) is 0 Å². The van der Waals surface area contributed by atoms with Crippen LogP contribution in [0.4, 0.5) is 0 Å². The summed E-state index contributed by atoms with van der Waals surface area (Å²) >= 11 is 0. The fourth-order valence-corrected chi connectivity index (χ4v) is 4.88. The Hall–Kier alpha value is 0.0700. The maximum Gasteiger partial charge on any atom is 0.0694 e. The minimum absolute atomic E-state index is 0.0668. The maximum atomic E-state index is 12.3. The van der Waals surface area contributed by atoms with Gasteiger partial charge < -0.3 is 10.5 Å². The highest BCUT2D eigenvalue weighted by Gasteiger charge is 2.41. The first-order valence-corrected chi connectivity index (χ1v) is 8.09. The van der Waals surface area contributed by atoms with Crippen LogP contribution in [-0.4, -0.2) is 33.0 Å². The van der Waals surface area contributed by atoms with E-state index in [1.165, 1.54) is 12.8 Å². The predicted molar refractivity (Wildman–Crippen MR) is 71.4 cm³/mol. The third-order valence-corrected chi connectivity index (χ3v) is 6.02. The van der Waals surface area contributed by atoms with Gasteiger partial charge >= 0.3 is 0 Å².